The summed E-state index contributed by atoms with van der Waals surface area (Å²) in [6, 6.07) is 11.6. The van der Waals surface area contributed by atoms with E-state index in [4.69, 9.17) is 20.8 Å². The summed E-state index contributed by atoms with van der Waals surface area (Å²) in [7, 11) is 1.53. The summed E-state index contributed by atoms with van der Waals surface area (Å²) in [5.41, 5.74) is 1.10. The Morgan fingerprint density at radius 2 is 1.89 bits per heavy atom. The van der Waals surface area contributed by atoms with Crippen molar-refractivity contribution in [3.63, 3.8) is 0 Å². The van der Waals surface area contributed by atoms with Gasteiger partial charge in [0.2, 0.25) is 0 Å². The minimum atomic E-state index is -0.492. The highest BCUT2D eigenvalue weighted by molar-refractivity contribution is 6.31. The van der Waals surface area contributed by atoms with Gasteiger partial charge in [-0.3, -0.25) is 9.59 Å². The number of methoxy groups -OCH3 is 1. The van der Waals surface area contributed by atoms with Crippen LogP contribution in [0.4, 0.5) is 5.69 Å². The molecule has 0 fully saturated rings. The lowest BCUT2D eigenvalue weighted by atomic mass is 10.1. The molecule has 3 rings (SSSR count). The Bertz CT molecular complexity index is 1010. The van der Waals surface area contributed by atoms with Gasteiger partial charge in [-0.2, -0.15) is 0 Å². The Balaban J connectivity index is 1.92. The summed E-state index contributed by atoms with van der Waals surface area (Å²) in [6.07, 6.45) is 0. The SMILES string of the molecule is COc1cccc2cc(C(=O)Nc3cc(Cl)ccc3C(=O)NC(C)C)oc12. The average Bonchev–Trinajstić information content (AvgIpc) is 3.05. The van der Waals surface area contributed by atoms with Gasteiger partial charge in [-0.25, -0.2) is 0 Å². The first-order valence-corrected chi connectivity index (χ1v) is 8.75. The molecule has 6 nitrogen and oxygen atoms in total. The lowest BCUT2D eigenvalue weighted by molar-refractivity contribution is 0.0944. The van der Waals surface area contributed by atoms with Gasteiger partial charge >= 0.3 is 0 Å². The maximum Gasteiger partial charge on any atom is 0.291 e. The van der Waals surface area contributed by atoms with Gasteiger partial charge in [0, 0.05) is 16.5 Å². The predicted octanol–water partition coefficient (Wildman–Crippen LogP) is 4.49. The van der Waals surface area contributed by atoms with Gasteiger partial charge in [0.25, 0.3) is 11.8 Å². The van der Waals surface area contributed by atoms with E-state index in [1.54, 1.807) is 24.3 Å². The van der Waals surface area contributed by atoms with Crippen LogP contribution >= 0.6 is 11.6 Å². The Kier molecular flexibility index (Phi) is 5.37. The van der Waals surface area contributed by atoms with Crippen LogP contribution in [0.3, 0.4) is 0 Å². The Morgan fingerprint density at radius 1 is 1.11 bits per heavy atom. The number of carbonyl (C=O) groups is 2. The number of para-hydroxylation sites is 1. The van der Waals surface area contributed by atoms with Crippen LogP contribution in [0.25, 0.3) is 11.0 Å². The van der Waals surface area contributed by atoms with E-state index >= 15 is 0 Å². The molecule has 1 heterocycles. The summed E-state index contributed by atoms with van der Waals surface area (Å²) in [4.78, 5) is 25.1. The zero-order valence-corrected chi connectivity index (χ0v) is 15.9. The van der Waals surface area contributed by atoms with E-state index in [1.807, 2.05) is 26.0 Å². The molecule has 0 aliphatic rings. The summed E-state index contributed by atoms with van der Waals surface area (Å²) in [6.45, 7) is 3.71. The highest BCUT2D eigenvalue weighted by atomic mass is 35.5. The molecule has 0 unspecified atom stereocenters. The summed E-state index contributed by atoms with van der Waals surface area (Å²) >= 11 is 6.04. The Hall–Kier alpha value is -2.99. The number of amides is 2. The normalized spacial score (nSPS) is 10.9. The highest BCUT2D eigenvalue weighted by Crippen LogP contribution is 2.29. The van der Waals surface area contributed by atoms with E-state index in [0.29, 0.717) is 27.6 Å². The molecular weight excluding hydrogens is 368 g/mol. The first-order valence-electron chi connectivity index (χ1n) is 8.37. The summed E-state index contributed by atoms with van der Waals surface area (Å²) < 4.78 is 10.9. The quantitative estimate of drug-likeness (QED) is 0.677. The highest BCUT2D eigenvalue weighted by Gasteiger charge is 2.19. The summed E-state index contributed by atoms with van der Waals surface area (Å²) in [5.74, 6) is -0.159. The first-order chi connectivity index (χ1) is 12.9. The minimum Gasteiger partial charge on any atom is -0.493 e. The molecule has 0 atom stereocenters. The van der Waals surface area contributed by atoms with Crippen molar-refractivity contribution in [3.05, 3.63) is 58.8 Å². The molecule has 2 aromatic carbocycles. The van der Waals surface area contributed by atoms with Crippen molar-refractivity contribution >= 4 is 40.1 Å². The van der Waals surface area contributed by atoms with Crippen molar-refractivity contribution in [1.29, 1.82) is 0 Å². The minimum absolute atomic E-state index is 0.0421. The van der Waals surface area contributed by atoms with Crippen LogP contribution in [0, 0.1) is 0 Å². The van der Waals surface area contributed by atoms with Crippen LogP contribution in [0.5, 0.6) is 5.75 Å². The van der Waals surface area contributed by atoms with Crippen molar-refractivity contribution in [2.75, 3.05) is 12.4 Å². The molecule has 0 radical (unpaired) electrons. The van der Waals surface area contributed by atoms with Crippen molar-refractivity contribution in [3.8, 4) is 5.75 Å². The number of carbonyl (C=O) groups excluding carboxylic acids is 2. The van der Waals surface area contributed by atoms with Gasteiger partial charge in [-0.15, -0.1) is 0 Å². The van der Waals surface area contributed by atoms with Crippen molar-refractivity contribution in [2.24, 2.45) is 0 Å². The zero-order valence-electron chi connectivity index (χ0n) is 15.1. The van der Waals surface area contributed by atoms with Crippen LogP contribution < -0.4 is 15.4 Å². The number of nitrogens with one attached hydrogen (secondary N) is 2. The molecule has 0 bridgehead atoms. The monoisotopic (exact) mass is 386 g/mol. The topological polar surface area (TPSA) is 80.6 Å². The zero-order chi connectivity index (χ0) is 19.6. The van der Waals surface area contributed by atoms with Crippen LogP contribution in [-0.2, 0) is 0 Å². The molecule has 7 heteroatoms. The number of rotatable bonds is 5. The third-order valence-electron chi connectivity index (χ3n) is 3.85. The van der Waals surface area contributed by atoms with E-state index < -0.39 is 5.91 Å². The van der Waals surface area contributed by atoms with Crippen molar-refractivity contribution in [2.45, 2.75) is 19.9 Å². The number of benzene rings is 2. The van der Waals surface area contributed by atoms with Crippen molar-refractivity contribution in [1.82, 2.24) is 5.32 Å². The number of ether oxygens (including phenoxy) is 1. The number of halogens is 1. The molecule has 0 spiro atoms. The van der Waals surface area contributed by atoms with E-state index in [1.165, 1.54) is 13.2 Å². The van der Waals surface area contributed by atoms with E-state index in [-0.39, 0.29) is 17.7 Å². The fraction of sp³-hybridized carbons (Fsp3) is 0.200. The molecule has 0 aliphatic heterocycles. The van der Waals surface area contributed by atoms with Crippen LogP contribution in [0.15, 0.2) is 46.9 Å². The Morgan fingerprint density at radius 3 is 2.59 bits per heavy atom. The molecule has 2 amide bonds. The largest absolute Gasteiger partial charge is 0.493 e. The second-order valence-corrected chi connectivity index (χ2v) is 6.70. The Labute approximate surface area is 161 Å². The molecule has 27 heavy (non-hydrogen) atoms. The maximum atomic E-state index is 12.7. The maximum absolute atomic E-state index is 12.7. The average molecular weight is 387 g/mol. The van der Waals surface area contributed by atoms with Crippen LogP contribution in [0.2, 0.25) is 5.02 Å². The van der Waals surface area contributed by atoms with Crippen molar-refractivity contribution < 1.29 is 18.7 Å². The standard InChI is InChI=1S/C20H19ClN2O4/c1-11(2)22-19(24)14-8-7-13(21)10-15(14)23-20(25)17-9-12-5-4-6-16(26-3)18(12)27-17/h4-11H,1-3H3,(H,22,24)(H,23,25). The first kappa shape index (κ1) is 18.8. The molecule has 1 aromatic heterocycles. The predicted molar refractivity (Wildman–Crippen MR) is 105 cm³/mol. The number of furan rings is 1. The van der Waals surface area contributed by atoms with Crippen LogP contribution in [-0.4, -0.2) is 25.0 Å². The third kappa shape index (κ3) is 4.06. The second-order valence-electron chi connectivity index (χ2n) is 6.26. The van der Waals surface area contributed by atoms with Crippen LogP contribution in [0.1, 0.15) is 34.8 Å². The van der Waals surface area contributed by atoms with Gasteiger partial charge in [0.05, 0.1) is 18.4 Å². The van der Waals surface area contributed by atoms with Gasteiger partial charge in [-0.1, -0.05) is 23.7 Å². The van der Waals surface area contributed by atoms with Gasteiger partial charge in [0.1, 0.15) is 0 Å². The van der Waals surface area contributed by atoms with E-state index in [9.17, 15) is 9.59 Å². The third-order valence-corrected chi connectivity index (χ3v) is 4.08. The molecule has 140 valence electrons. The van der Waals surface area contributed by atoms with Gasteiger partial charge < -0.3 is 19.8 Å². The number of anilines is 1. The lowest BCUT2D eigenvalue weighted by Crippen LogP contribution is -2.31. The molecule has 0 aliphatic carbocycles. The molecule has 2 N–H and O–H groups in total. The molecule has 0 saturated carbocycles. The molecule has 0 saturated heterocycles. The fourth-order valence-corrected chi connectivity index (χ4v) is 2.82. The fourth-order valence-electron chi connectivity index (χ4n) is 2.65. The van der Waals surface area contributed by atoms with Gasteiger partial charge in [-0.05, 0) is 44.2 Å². The van der Waals surface area contributed by atoms with Gasteiger partial charge in [0.15, 0.2) is 17.1 Å². The number of hydrogen-bond donors (Lipinski definition) is 2. The molecule has 3 aromatic rings. The smallest absolute Gasteiger partial charge is 0.291 e. The summed E-state index contributed by atoms with van der Waals surface area (Å²) in [5, 5.41) is 6.64. The van der Waals surface area contributed by atoms with E-state index in [2.05, 4.69) is 10.6 Å². The molecular formula is C20H19ClN2O4. The number of fused-ring (bicyclic) bond motifs is 1. The second kappa shape index (κ2) is 7.72. The lowest BCUT2D eigenvalue weighted by Gasteiger charge is -2.13. The van der Waals surface area contributed by atoms with E-state index in [0.717, 1.165) is 5.39 Å². The number of hydrogen-bond acceptors (Lipinski definition) is 4.